The predicted octanol–water partition coefficient (Wildman–Crippen LogP) is 3.33. The lowest BCUT2D eigenvalue weighted by Crippen LogP contribution is -2.25. The minimum Gasteiger partial charge on any atom is -0.486 e. The summed E-state index contributed by atoms with van der Waals surface area (Å²) >= 11 is 1.48. The SMILES string of the molecule is Fc1ccccc1N=C1NN=C(c2ccc3c(c2)OCCO3)CS1. The van der Waals surface area contributed by atoms with Gasteiger partial charge in [0.1, 0.15) is 24.7 Å². The third kappa shape index (κ3) is 3.07. The molecule has 24 heavy (non-hydrogen) atoms. The highest BCUT2D eigenvalue weighted by Crippen LogP contribution is 2.31. The third-order valence-electron chi connectivity index (χ3n) is 3.58. The van der Waals surface area contributed by atoms with Crippen molar-refractivity contribution in [2.75, 3.05) is 19.0 Å². The van der Waals surface area contributed by atoms with Gasteiger partial charge in [-0.05, 0) is 30.3 Å². The van der Waals surface area contributed by atoms with Crippen LogP contribution < -0.4 is 14.9 Å². The molecule has 2 aliphatic heterocycles. The Labute approximate surface area is 142 Å². The average molecular weight is 343 g/mol. The first-order valence-electron chi connectivity index (χ1n) is 7.48. The van der Waals surface area contributed by atoms with Crippen LogP contribution in [0.1, 0.15) is 5.56 Å². The molecule has 0 atom stereocenters. The van der Waals surface area contributed by atoms with Crippen molar-refractivity contribution < 1.29 is 13.9 Å². The number of hydrogen-bond donors (Lipinski definition) is 1. The summed E-state index contributed by atoms with van der Waals surface area (Å²) in [7, 11) is 0. The van der Waals surface area contributed by atoms with Crippen molar-refractivity contribution in [2.45, 2.75) is 0 Å². The summed E-state index contributed by atoms with van der Waals surface area (Å²) < 4.78 is 24.8. The quantitative estimate of drug-likeness (QED) is 0.909. The zero-order valence-electron chi connectivity index (χ0n) is 12.7. The Balaban J connectivity index is 1.53. The van der Waals surface area contributed by atoms with E-state index in [9.17, 15) is 4.39 Å². The second kappa shape index (κ2) is 6.52. The predicted molar refractivity (Wildman–Crippen MR) is 93.1 cm³/mol. The highest BCUT2D eigenvalue weighted by Gasteiger charge is 2.17. The normalized spacial score (nSPS) is 18.0. The molecule has 4 rings (SSSR count). The fraction of sp³-hybridized carbons (Fsp3) is 0.176. The standard InChI is InChI=1S/C17H14FN3O2S/c18-12-3-1-2-4-13(12)19-17-21-20-14(10-24-17)11-5-6-15-16(9-11)23-8-7-22-15/h1-6,9H,7-8,10H2,(H,19,21). The number of halogens is 1. The summed E-state index contributed by atoms with van der Waals surface area (Å²) in [5.41, 5.74) is 5.02. The Hall–Kier alpha value is -2.54. The first-order valence-corrected chi connectivity index (χ1v) is 8.47. The van der Waals surface area contributed by atoms with Crippen LogP contribution in [0.5, 0.6) is 11.5 Å². The van der Waals surface area contributed by atoms with Crippen LogP contribution in [0.15, 0.2) is 52.6 Å². The molecule has 0 aromatic heterocycles. The first kappa shape index (κ1) is 15.0. The maximum absolute atomic E-state index is 13.6. The Morgan fingerprint density at radius 2 is 1.92 bits per heavy atom. The highest BCUT2D eigenvalue weighted by molar-refractivity contribution is 8.14. The second-order valence-electron chi connectivity index (χ2n) is 5.19. The average Bonchev–Trinajstić information content (AvgIpc) is 2.64. The number of nitrogens with one attached hydrogen (secondary N) is 1. The summed E-state index contributed by atoms with van der Waals surface area (Å²) in [6.45, 7) is 1.12. The number of para-hydroxylation sites is 1. The smallest absolute Gasteiger partial charge is 0.182 e. The van der Waals surface area contributed by atoms with Gasteiger partial charge in [0.15, 0.2) is 16.7 Å². The number of hydrazone groups is 1. The number of amidine groups is 1. The Bertz CT molecular complexity index is 838. The van der Waals surface area contributed by atoms with Gasteiger partial charge in [0.2, 0.25) is 0 Å². The van der Waals surface area contributed by atoms with Crippen molar-refractivity contribution >= 4 is 28.3 Å². The maximum atomic E-state index is 13.6. The van der Waals surface area contributed by atoms with E-state index in [0.717, 1.165) is 22.8 Å². The fourth-order valence-corrected chi connectivity index (χ4v) is 3.17. The van der Waals surface area contributed by atoms with Crippen LogP contribution in [0, 0.1) is 5.82 Å². The minimum atomic E-state index is -0.353. The van der Waals surface area contributed by atoms with E-state index < -0.39 is 0 Å². The van der Waals surface area contributed by atoms with Crippen LogP contribution in [0.2, 0.25) is 0 Å². The van der Waals surface area contributed by atoms with Crippen molar-refractivity contribution in [3.05, 3.63) is 53.8 Å². The molecule has 122 valence electrons. The van der Waals surface area contributed by atoms with Gasteiger partial charge in [0.05, 0.1) is 5.71 Å². The number of rotatable bonds is 2. The van der Waals surface area contributed by atoms with Crippen molar-refractivity contribution in [2.24, 2.45) is 10.1 Å². The lowest BCUT2D eigenvalue weighted by atomic mass is 10.1. The van der Waals surface area contributed by atoms with E-state index in [4.69, 9.17) is 9.47 Å². The number of hydrogen-bond acceptors (Lipinski definition) is 5. The molecule has 0 spiro atoms. The molecule has 0 unspecified atom stereocenters. The van der Waals surface area contributed by atoms with Crippen LogP contribution in [0.4, 0.5) is 10.1 Å². The topological polar surface area (TPSA) is 55.2 Å². The highest BCUT2D eigenvalue weighted by atomic mass is 32.2. The van der Waals surface area contributed by atoms with E-state index >= 15 is 0 Å². The summed E-state index contributed by atoms with van der Waals surface area (Å²) in [4.78, 5) is 4.26. The number of nitrogens with zero attached hydrogens (tertiary/aromatic N) is 2. The molecule has 5 nitrogen and oxygen atoms in total. The van der Waals surface area contributed by atoms with Crippen LogP contribution in [-0.2, 0) is 0 Å². The lowest BCUT2D eigenvalue weighted by molar-refractivity contribution is 0.171. The number of fused-ring (bicyclic) bond motifs is 1. The largest absolute Gasteiger partial charge is 0.486 e. The zero-order chi connectivity index (χ0) is 16.4. The van der Waals surface area contributed by atoms with Crippen LogP contribution >= 0.6 is 11.8 Å². The Morgan fingerprint density at radius 1 is 1.08 bits per heavy atom. The molecule has 0 saturated carbocycles. The number of thioether (sulfide) groups is 1. The number of ether oxygens (including phenoxy) is 2. The van der Waals surface area contributed by atoms with E-state index in [-0.39, 0.29) is 5.82 Å². The Morgan fingerprint density at radius 3 is 2.71 bits per heavy atom. The Kier molecular flexibility index (Phi) is 4.08. The molecule has 2 heterocycles. The van der Waals surface area contributed by atoms with Gasteiger partial charge in [-0.2, -0.15) is 5.10 Å². The minimum absolute atomic E-state index is 0.297. The van der Waals surface area contributed by atoms with E-state index in [2.05, 4.69) is 15.5 Å². The summed E-state index contributed by atoms with van der Waals surface area (Å²) in [5, 5.41) is 4.92. The molecule has 7 heteroatoms. The molecule has 0 radical (unpaired) electrons. The van der Waals surface area contributed by atoms with Crippen molar-refractivity contribution in [1.29, 1.82) is 0 Å². The molecule has 2 aromatic carbocycles. The summed E-state index contributed by atoms with van der Waals surface area (Å²) in [5.74, 6) is 1.77. The molecular formula is C17H14FN3O2S. The van der Waals surface area contributed by atoms with E-state index in [1.165, 1.54) is 17.8 Å². The maximum Gasteiger partial charge on any atom is 0.182 e. The third-order valence-corrected chi connectivity index (χ3v) is 4.46. The summed E-state index contributed by atoms with van der Waals surface area (Å²) in [6.07, 6.45) is 0. The zero-order valence-corrected chi connectivity index (χ0v) is 13.5. The molecule has 2 aromatic rings. The van der Waals surface area contributed by atoms with Gasteiger partial charge in [0, 0.05) is 11.3 Å². The van der Waals surface area contributed by atoms with E-state index in [1.54, 1.807) is 18.2 Å². The van der Waals surface area contributed by atoms with Crippen molar-refractivity contribution in [3.8, 4) is 11.5 Å². The molecule has 0 amide bonds. The fourth-order valence-electron chi connectivity index (χ4n) is 2.40. The summed E-state index contributed by atoms with van der Waals surface area (Å²) in [6, 6.07) is 12.2. The van der Waals surface area contributed by atoms with Gasteiger partial charge in [-0.3, -0.25) is 5.43 Å². The second-order valence-corrected chi connectivity index (χ2v) is 6.15. The molecule has 0 saturated heterocycles. The van der Waals surface area contributed by atoms with Gasteiger partial charge < -0.3 is 9.47 Å². The van der Waals surface area contributed by atoms with Crippen LogP contribution in [0.25, 0.3) is 0 Å². The molecule has 1 N–H and O–H groups in total. The van der Waals surface area contributed by atoms with Crippen molar-refractivity contribution in [1.82, 2.24) is 5.43 Å². The number of benzene rings is 2. The van der Waals surface area contributed by atoms with Gasteiger partial charge in [-0.15, -0.1) is 0 Å². The van der Waals surface area contributed by atoms with Crippen LogP contribution in [0.3, 0.4) is 0 Å². The molecular weight excluding hydrogens is 329 g/mol. The molecule has 2 aliphatic rings. The first-order chi connectivity index (χ1) is 11.8. The molecule has 0 aliphatic carbocycles. The van der Waals surface area contributed by atoms with Gasteiger partial charge in [-0.25, -0.2) is 9.38 Å². The van der Waals surface area contributed by atoms with Gasteiger partial charge in [-0.1, -0.05) is 23.9 Å². The van der Waals surface area contributed by atoms with Crippen LogP contribution in [-0.4, -0.2) is 29.8 Å². The van der Waals surface area contributed by atoms with Gasteiger partial charge >= 0.3 is 0 Å². The van der Waals surface area contributed by atoms with Gasteiger partial charge in [0.25, 0.3) is 0 Å². The van der Waals surface area contributed by atoms with Crippen molar-refractivity contribution in [3.63, 3.8) is 0 Å². The van der Waals surface area contributed by atoms with E-state index in [0.29, 0.717) is 29.8 Å². The van der Waals surface area contributed by atoms with E-state index in [1.807, 2.05) is 18.2 Å². The molecule has 0 fully saturated rings. The monoisotopic (exact) mass is 343 g/mol. The lowest BCUT2D eigenvalue weighted by Gasteiger charge is -2.20. The molecule has 0 bridgehead atoms. The number of aliphatic imine (C=N–C) groups is 1.